The molecule has 0 spiro atoms. The van der Waals surface area contributed by atoms with Crippen molar-refractivity contribution in [3.05, 3.63) is 35.9 Å². The first-order valence-corrected chi connectivity index (χ1v) is 9.41. The number of nitrogens with one attached hydrogen (secondary N) is 1. The van der Waals surface area contributed by atoms with Gasteiger partial charge in [0.2, 0.25) is 5.91 Å². The van der Waals surface area contributed by atoms with Crippen LogP contribution in [0.2, 0.25) is 0 Å². The van der Waals surface area contributed by atoms with Crippen LogP contribution in [-0.4, -0.2) is 55.0 Å². The van der Waals surface area contributed by atoms with Gasteiger partial charge < -0.3 is 10.2 Å². The Bertz CT molecular complexity index is 531. The minimum Gasteiger partial charge on any atom is -0.345 e. The molecule has 1 aliphatic heterocycles. The fourth-order valence-electron chi connectivity index (χ4n) is 4.11. The smallest absolute Gasteiger partial charge is 0.237 e. The van der Waals surface area contributed by atoms with E-state index in [0.717, 1.165) is 39.0 Å². The average molecular weight is 329 g/mol. The molecule has 24 heavy (non-hydrogen) atoms. The first kappa shape index (κ1) is 17.4. The van der Waals surface area contributed by atoms with Crippen LogP contribution in [0.4, 0.5) is 0 Å². The van der Waals surface area contributed by atoms with Crippen molar-refractivity contribution in [3.63, 3.8) is 0 Å². The van der Waals surface area contributed by atoms with Gasteiger partial charge >= 0.3 is 0 Å². The zero-order chi connectivity index (χ0) is 17.0. The topological polar surface area (TPSA) is 35.6 Å². The SMILES string of the molecule is C[C@H](C(=O)NC1(c2ccccc2)CCCCC1)N1CCN(C)CC1. The van der Waals surface area contributed by atoms with Crippen LogP contribution in [0.15, 0.2) is 30.3 Å². The molecule has 0 bridgehead atoms. The molecule has 132 valence electrons. The summed E-state index contributed by atoms with van der Waals surface area (Å²) in [5.74, 6) is 0.185. The molecule has 1 saturated heterocycles. The Morgan fingerprint density at radius 2 is 1.67 bits per heavy atom. The van der Waals surface area contributed by atoms with Gasteiger partial charge in [0.1, 0.15) is 0 Å². The van der Waals surface area contributed by atoms with E-state index in [0.29, 0.717) is 0 Å². The Balaban J connectivity index is 1.71. The first-order valence-electron chi connectivity index (χ1n) is 9.41. The van der Waals surface area contributed by atoms with Gasteiger partial charge in [0.05, 0.1) is 11.6 Å². The van der Waals surface area contributed by atoms with E-state index in [1.54, 1.807) is 0 Å². The van der Waals surface area contributed by atoms with E-state index >= 15 is 0 Å². The molecule has 0 aromatic heterocycles. The summed E-state index contributed by atoms with van der Waals surface area (Å²) in [5.41, 5.74) is 1.10. The van der Waals surface area contributed by atoms with Crippen molar-refractivity contribution in [2.24, 2.45) is 0 Å². The zero-order valence-corrected chi connectivity index (χ0v) is 15.1. The predicted octanol–water partition coefficient (Wildman–Crippen LogP) is 2.60. The minimum atomic E-state index is -0.169. The molecule has 2 aliphatic rings. The van der Waals surface area contributed by atoms with E-state index in [4.69, 9.17) is 0 Å². The Morgan fingerprint density at radius 1 is 1.04 bits per heavy atom. The van der Waals surface area contributed by atoms with E-state index in [2.05, 4.69) is 59.4 Å². The molecule has 4 heteroatoms. The summed E-state index contributed by atoms with van der Waals surface area (Å²) in [6.45, 7) is 6.10. The predicted molar refractivity (Wildman–Crippen MR) is 97.9 cm³/mol. The van der Waals surface area contributed by atoms with E-state index in [1.807, 2.05) is 0 Å². The van der Waals surface area contributed by atoms with Gasteiger partial charge in [-0.2, -0.15) is 0 Å². The molecule has 1 N–H and O–H groups in total. The molecule has 1 saturated carbocycles. The summed E-state index contributed by atoms with van der Waals surface area (Å²) >= 11 is 0. The third-order valence-electron chi connectivity index (χ3n) is 5.86. The second kappa shape index (κ2) is 7.66. The van der Waals surface area contributed by atoms with E-state index in [-0.39, 0.29) is 17.5 Å². The molecule has 1 heterocycles. The van der Waals surface area contributed by atoms with E-state index < -0.39 is 0 Å². The molecule has 4 nitrogen and oxygen atoms in total. The maximum Gasteiger partial charge on any atom is 0.237 e. The maximum atomic E-state index is 13.0. The minimum absolute atomic E-state index is 0.0544. The molecule has 0 unspecified atom stereocenters. The van der Waals surface area contributed by atoms with Gasteiger partial charge in [-0.15, -0.1) is 0 Å². The third-order valence-corrected chi connectivity index (χ3v) is 5.86. The molecule has 1 aliphatic carbocycles. The number of carbonyl (C=O) groups is 1. The third kappa shape index (κ3) is 3.81. The largest absolute Gasteiger partial charge is 0.345 e. The van der Waals surface area contributed by atoms with Crippen LogP contribution >= 0.6 is 0 Å². The van der Waals surface area contributed by atoms with Crippen LogP contribution in [0.1, 0.15) is 44.6 Å². The van der Waals surface area contributed by atoms with Gasteiger partial charge in [-0.1, -0.05) is 49.6 Å². The Labute approximate surface area is 146 Å². The molecule has 0 radical (unpaired) electrons. The number of nitrogens with zero attached hydrogens (tertiary/aromatic N) is 2. The monoisotopic (exact) mass is 329 g/mol. The Kier molecular flexibility index (Phi) is 5.57. The number of piperazine rings is 1. The van der Waals surface area contributed by atoms with Crippen LogP contribution < -0.4 is 5.32 Å². The highest BCUT2D eigenvalue weighted by Crippen LogP contribution is 2.37. The second-order valence-corrected chi connectivity index (χ2v) is 7.51. The average Bonchev–Trinajstić information content (AvgIpc) is 2.63. The standard InChI is InChI=1S/C20H31N3O/c1-17(23-15-13-22(2)14-16-23)19(24)21-20(11-7-4-8-12-20)18-9-5-3-6-10-18/h3,5-6,9-10,17H,4,7-8,11-16H2,1-2H3,(H,21,24)/t17-/m1/s1. The summed E-state index contributed by atoms with van der Waals surface area (Å²) in [6, 6.07) is 10.5. The summed E-state index contributed by atoms with van der Waals surface area (Å²) in [4.78, 5) is 17.6. The van der Waals surface area contributed by atoms with Crippen molar-refractivity contribution in [1.29, 1.82) is 0 Å². The van der Waals surface area contributed by atoms with Gasteiger partial charge in [-0.25, -0.2) is 0 Å². The fourth-order valence-corrected chi connectivity index (χ4v) is 4.11. The van der Waals surface area contributed by atoms with E-state index in [9.17, 15) is 4.79 Å². The van der Waals surface area contributed by atoms with Gasteiger partial charge in [0, 0.05) is 26.2 Å². The van der Waals surface area contributed by atoms with Crippen molar-refractivity contribution >= 4 is 5.91 Å². The van der Waals surface area contributed by atoms with Crippen LogP contribution in [0.25, 0.3) is 0 Å². The molecule has 1 aromatic rings. The van der Waals surface area contributed by atoms with Crippen LogP contribution in [0.5, 0.6) is 0 Å². The van der Waals surface area contributed by atoms with Crippen LogP contribution in [0.3, 0.4) is 0 Å². The molecule has 3 rings (SSSR count). The lowest BCUT2D eigenvalue weighted by Crippen LogP contribution is -2.57. The highest BCUT2D eigenvalue weighted by atomic mass is 16.2. The van der Waals surface area contributed by atoms with E-state index in [1.165, 1.54) is 24.8 Å². The van der Waals surface area contributed by atoms with Crippen LogP contribution in [0, 0.1) is 0 Å². The van der Waals surface area contributed by atoms with Gasteiger partial charge in [0.25, 0.3) is 0 Å². The number of hydrogen-bond donors (Lipinski definition) is 1. The molecular weight excluding hydrogens is 298 g/mol. The molecule has 2 fully saturated rings. The molecule has 1 atom stereocenters. The highest BCUT2D eigenvalue weighted by Gasteiger charge is 2.37. The lowest BCUT2D eigenvalue weighted by molar-refractivity contribution is -0.129. The van der Waals surface area contributed by atoms with Gasteiger partial charge in [-0.05, 0) is 32.4 Å². The van der Waals surface area contributed by atoms with Crippen molar-refractivity contribution < 1.29 is 4.79 Å². The highest BCUT2D eigenvalue weighted by molar-refractivity contribution is 5.82. The molecular formula is C20H31N3O. The van der Waals surface area contributed by atoms with Crippen LogP contribution in [-0.2, 0) is 10.3 Å². The normalized spacial score (nSPS) is 23.6. The van der Waals surface area contributed by atoms with Crippen molar-refractivity contribution in [3.8, 4) is 0 Å². The first-order chi connectivity index (χ1) is 11.6. The maximum absolute atomic E-state index is 13.0. The number of rotatable bonds is 4. The second-order valence-electron chi connectivity index (χ2n) is 7.51. The summed E-state index contributed by atoms with van der Waals surface area (Å²) in [5, 5.41) is 3.46. The number of hydrogen-bond acceptors (Lipinski definition) is 3. The summed E-state index contributed by atoms with van der Waals surface area (Å²) < 4.78 is 0. The fraction of sp³-hybridized carbons (Fsp3) is 0.650. The molecule has 1 aromatic carbocycles. The Hall–Kier alpha value is -1.39. The van der Waals surface area contributed by atoms with Crippen molar-refractivity contribution in [2.75, 3.05) is 33.2 Å². The lowest BCUT2D eigenvalue weighted by Gasteiger charge is -2.41. The zero-order valence-electron chi connectivity index (χ0n) is 15.1. The van der Waals surface area contributed by atoms with Crippen molar-refractivity contribution in [1.82, 2.24) is 15.1 Å². The number of carbonyl (C=O) groups excluding carboxylic acids is 1. The Morgan fingerprint density at radius 3 is 2.29 bits per heavy atom. The van der Waals surface area contributed by atoms with Gasteiger partial charge in [0.15, 0.2) is 0 Å². The quantitative estimate of drug-likeness (QED) is 0.922. The number of amides is 1. The van der Waals surface area contributed by atoms with Crippen molar-refractivity contribution in [2.45, 2.75) is 50.6 Å². The number of likely N-dealkylation sites (N-methyl/N-ethyl adjacent to an activating group) is 1. The summed E-state index contributed by atoms with van der Waals surface area (Å²) in [6.07, 6.45) is 5.77. The lowest BCUT2D eigenvalue weighted by atomic mass is 9.76. The number of benzene rings is 1. The molecule has 1 amide bonds. The summed E-state index contributed by atoms with van der Waals surface area (Å²) in [7, 11) is 2.15. The van der Waals surface area contributed by atoms with Gasteiger partial charge in [-0.3, -0.25) is 9.69 Å².